The number of nitro benzene ring substituents is 1. The van der Waals surface area contributed by atoms with Crippen molar-refractivity contribution in [2.75, 3.05) is 5.33 Å². The van der Waals surface area contributed by atoms with Gasteiger partial charge in [-0.15, -0.1) is 0 Å². The maximum absolute atomic E-state index is 13.1. The average molecular weight is 278 g/mol. The standard InChI is InChI=1S/C8H5BrFNO4/c9-3-6(12)7-4(10)1-2-5(8(7)13)11(14)15/h1-2,13H,3H2. The molecule has 0 radical (unpaired) electrons. The number of Topliss-reactive ketones (excluding diaryl/α,β-unsaturated/α-hetero) is 1. The Bertz CT molecular complexity index is 435. The highest BCUT2D eigenvalue weighted by molar-refractivity contribution is 9.09. The highest BCUT2D eigenvalue weighted by atomic mass is 79.9. The summed E-state index contributed by atoms with van der Waals surface area (Å²) in [5.74, 6) is -2.68. The van der Waals surface area contributed by atoms with E-state index < -0.39 is 33.5 Å². The van der Waals surface area contributed by atoms with Crippen molar-refractivity contribution >= 4 is 27.4 Å². The fourth-order valence-corrected chi connectivity index (χ4v) is 1.32. The fourth-order valence-electron chi connectivity index (χ4n) is 1.03. The van der Waals surface area contributed by atoms with Crippen LogP contribution in [0.25, 0.3) is 0 Å². The summed E-state index contributed by atoms with van der Waals surface area (Å²) in [7, 11) is 0. The molecule has 0 aliphatic rings. The van der Waals surface area contributed by atoms with Crippen LogP contribution in [0.3, 0.4) is 0 Å². The molecule has 0 atom stereocenters. The molecular formula is C8H5BrFNO4. The van der Waals surface area contributed by atoms with Gasteiger partial charge < -0.3 is 5.11 Å². The van der Waals surface area contributed by atoms with Crippen LogP contribution in [-0.4, -0.2) is 21.1 Å². The SMILES string of the molecule is O=C(CBr)c1c(F)ccc([N+](=O)[O-])c1O. The van der Waals surface area contributed by atoms with Gasteiger partial charge in [-0.2, -0.15) is 0 Å². The Morgan fingerprint density at radius 2 is 2.20 bits per heavy atom. The summed E-state index contributed by atoms with van der Waals surface area (Å²) >= 11 is 2.78. The van der Waals surface area contributed by atoms with Crippen molar-refractivity contribution in [3.63, 3.8) is 0 Å². The third-order valence-electron chi connectivity index (χ3n) is 1.70. The summed E-state index contributed by atoms with van der Waals surface area (Å²) in [5, 5.41) is 19.5. The molecule has 0 aromatic heterocycles. The average Bonchev–Trinajstić information content (AvgIpc) is 2.16. The number of alkyl halides is 1. The van der Waals surface area contributed by atoms with E-state index in [9.17, 15) is 24.4 Å². The lowest BCUT2D eigenvalue weighted by molar-refractivity contribution is -0.385. The van der Waals surface area contributed by atoms with Crippen LogP contribution >= 0.6 is 15.9 Å². The van der Waals surface area contributed by atoms with Gasteiger partial charge in [-0.3, -0.25) is 14.9 Å². The van der Waals surface area contributed by atoms with E-state index in [1.165, 1.54) is 0 Å². The van der Waals surface area contributed by atoms with Crippen LogP contribution in [-0.2, 0) is 0 Å². The molecule has 5 nitrogen and oxygen atoms in total. The van der Waals surface area contributed by atoms with Gasteiger partial charge in [-0.1, -0.05) is 15.9 Å². The van der Waals surface area contributed by atoms with Gasteiger partial charge in [0.15, 0.2) is 5.78 Å². The van der Waals surface area contributed by atoms with E-state index >= 15 is 0 Å². The number of nitrogens with zero attached hydrogens (tertiary/aromatic N) is 1. The van der Waals surface area contributed by atoms with Crippen LogP contribution < -0.4 is 0 Å². The van der Waals surface area contributed by atoms with E-state index in [4.69, 9.17) is 0 Å². The van der Waals surface area contributed by atoms with Crippen molar-refractivity contribution in [3.8, 4) is 5.75 Å². The number of carbonyl (C=O) groups is 1. The summed E-state index contributed by atoms with van der Waals surface area (Å²) in [5.41, 5.74) is -1.36. The molecule has 0 amide bonds. The second kappa shape index (κ2) is 4.35. The Morgan fingerprint density at radius 1 is 1.60 bits per heavy atom. The number of halogens is 2. The molecule has 80 valence electrons. The zero-order valence-electron chi connectivity index (χ0n) is 7.24. The van der Waals surface area contributed by atoms with E-state index in [0.717, 1.165) is 12.1 Å². The van der Waals surface area contributed by atoms with Gasteiger partial charge in [-0.25, -0.2) is 4.39 Å². The number of carbonyl (C=O) groups excluding carboxylic acids is 1. The molecule has 1 aromatic carbocycles. The first-order valence-electron chi connectivity index (χ1n) is 3.74. The number of phenols is 1. The van der Waals surface area contributed by atoms with Crippen LogP contribution in [0, 0.1) is 15.9 Å². The van der Waals surface area contributed by atoms with Crippen LogP contribution in [0.1, 0.15) is 10.4 Å². The predicted octanol–water partition coefficient (Wildman–Crippen LogP) is 2.02. The van der Waals surface area contributed by atoms with E-state index in [1.807, 2.05) is 0 Å². The lowest BCUT2D eigenvalue weighted by atomic mass is 10.1. The number of phenolic OH excluding ortho intramolecular Hbond substituents is 1. The number of rotatable bonds is 3. The lowest BCUT2D eigenvalue weighted by Crippen LogP contribution is -2.05. The quantitative estimate of drug-likeness (QED) is 0.397. The minimum atomic E-state index is -0.984. The van der Waals surface area contributed by atoms with Gasteiger partial charge in [0, 0.05) is 6.07 Å². The summed E-state index contributed by atoms with van der Waals surface area (Å²) in [6, 6.07) is 1.57. The number of nitro groups is 1. The molecule has 0 heterocycles. The summed E-state index contributed by atoms with van der Waals surface area (Å²) in [6.07, 6.45) is 0. The van der Waals surface area contributed by atoms with Crippen molar-refractivity contribution in [3.05, 3.63) is 33.6 Å². The first-order chi connectivity index (χ1) is 6.99. The second-order valence-electron chi connectivity index (χ2n) is 2.60. The molecule has 7 heteroatoms. The first-order valence-corrected chi connectivity index (χ1v) is 4.86. The summed E-state index contributed by atoms with van der Waals surface area (Å²) in [4.78, 5) is 20.7. The van der Waals surface area contributed by atoms with Gasteiger partial charge >= 0.3 is 5.69 Å². The minimum absolute atomic E-state index is 0.224. The van der Waals surface area contributed by atoms with Crippen LogP contribution in [0.4, 0.5) is 10.1 Å². The Hall–Kier alpha value is -1.50. The second-order valence-corrected chi connectivity index (χ2v) is 3.16. The molecule has 0 aliphatic carbocycles. The lowest BCUT2D eigenvalue weighted by Gasteiger charge is -2.03. The highest BCUT2D eigenvalue weighted by Gasteiger charge is 2.24. The fraction of sp³-hybridized carbons (Fsp3) is 0.125. The molecule has 0 aliphatic heterocycles. The number of benzene rings is 1. The van der Waals surface area contributed by atoms with E-state index in [2.05, 4.69) is 15.9 Å². The normalized spacial score (nSPS) is 10.0. The Labute approximate surface area is 91.8 Å². The van der Waals surface area contributed by atoms with E-state index in [1.54, 1.807) is 0 Å². The molecule has 0 unspecified atom stereocenters. The van der Waals surface area contributed by atoms with Gasteiger partial charge in [0.25, 0.3) is 0 Å². The largest absolute Gasteiger partial charge is 0.502 e. The topological polar surface area (TPSA) is 80.4 Å². The van der Waals surface area contributed by atoms with E-state index in [0.29, 0.717) is 0 Å². The molecule has 0 fully saturated rings. The molecule has 0 saturated heterocycles. The molecule has 0 spiro atoms. The number of ketones is 1. The molecule has 0 saturated carbocycles. The zero-order valence-corrected chi connectivity index (χ0v) is 8.82. The smallest absolute Gasteiger partial charge is 0.311 e. The molecule has 0 bridgehead atoms. The number of hydrogen-bond donors (Lipinski definition) is 1. The zero-order chi connectivity index (χ0) is 11.6. The van der Waals surface area contributed by atoms with Crippen molar-refractivity contribution in [1.29, 1.82) is 0 Å². The van der Waals surface area contributed by atoms with Crippen LogP contribution in [0.5, 0.6) is 5.75 Å². The maximum atomic E-state index is 13.1. The van der Waals surface area contributed by atoms with Gasteiger partial charge in [0.05, 0.1) is 10.3 Å². The third kappa shape index (κ3) is 2.12. The minimum Gasteiger partial charge on any atom is -0.502 e. The van der Waals surface area contributed by atoms with Gasteiger partial charge in [0.2, 0.25) is 5.75 Å². The van der Waals surface area contributed by atoms with Gasteiger partial charge in [0.1, 0.15) is 11.4 Å². The molecule has 1 N–H and O–H groups in total. The van der Waals surface area contributed by atoms with Crippen molar-refractivity contribution in [1.82, 2.24) is 0 Å². The van der Waals surface area contributed by atoms with Crippen molar-refractivity contribution in [2.45, 2.75) is 0 Å². The highest BCUT2D eigenvalue weighted by Crippen LogP contribution is 2.31. The Kier molecular flexibility index (Phi) is 3.35. The summed E-state index contributed by atoms with van der Waals surface area (Å²) < 4.78 is 13.1. The van der Waals surface area contributed by atoms with Crippen LogP contribution in [0.15, 0.2) is 12.1 Å². The number of aromatic hydroxyl groups is 1. The monoisotopic (exact) mass is 277 g/mol. The molecule has 1 aromatic rings. The molecular weight excluding hydrogens is 273 g/mol. The maximum Gasteiger partial charge on any atom is 0.311 e. The first kappa shape index (κ1) is 11.6. The molecule has 1 rings (SSSR count). The predicted molar refractivity (Wildman–Crippen MR) is 52.8 cm³/mol. The Balaban J connectivity index is 3.43. The van der Waals surface area contributed by atoms with E-state index in [-0.39, 0.29) is 5.33 Å². The summed E-state index contributed by atoms with van der Waals surface area (Å²) in [6.45, 7) is 0. The van der Waals surface area contributed by atoms with Gasteiger partial charge in [-0.05, 0) is 6.07 Å². The molecule has 15 heavy (non-hydrogen) atoms. The van der Waals surface area contributed by atoms with Crippen molar-refractivity contribution in [2.24, 2.45) is 0 Å². The number of hydrogen-bond acceptors (Lipinski definition) is 4. The Morgan fingerprint density at radius 3 is 2.67 bits per heavy atom. The van der Waals surface area contributed by atoms with Crippen LogP contribution in [0.2, 0.25) is 0 Å². The third-order valence-corrected chi connectivity index (χ3v) is 2.21. The van der Waals surface area contributed by atoms with Crippen molar-refractivity contribution < 1.29 is 19.2 Å².